The fraction of sp³-hybridized carbons (Fsp3) is 0.333. The first-order valence-corrected chi connectivity index (χ1v) is 2.61. The number of hydrogen-bond donors (Lipinski definition) is 2. The van der Waals surface area contributed by atoms with Crippen molar-refractivity contribution in [1.82, 2.24) is 10.2 Å². The summed E-state index contributed by atoms with van der Waals surface area (Å²) in [6, 6.07) is 0. The maximum Gasteiger partial charge on any atom is 0.434 e. The van der Waals surface area contributed by atoms with Crippen molar-refractivity contribution in [2.75, 3.05) is 0 Å². The molecule has 1 aromatic heterocycles. The highest BCUT2D eigenvalue weighted by molar-refractivity contribution is 7.79. The van der Waals surface area contributed by atoms with Crippen LogP contribution in [0, 0.1) is 0 Å². The molecule has 0 amide bonds. The van der Waals surface area contributed by atoms with Crippen molar-refractivity contribution >= 4 is 12.6 Å². The minimum Gasteiger partial charge on any atom is -0.392 e. The van der Waals surface area contributed by atoms with Crippen LogP contribution in [0.1, 0.15) is 5.89 Å². The van der Waals surface area contributed by atoms with Gasteiger partial charge in [0.2, 0.25) is 5.89 Å². The van der Waals surface area contributed by atoms with Gasteiger partial charge in [0.25, 0.3) is 0 Å². The van der Waals surface area contributed by atoms with E-state index in [1.807, 2.05) is 0 Å². The highest BCUT2D eigenvalue weighted by atomic mass is 32.1. The number of rotatable bonds is 1. The molecule has 0 spiro atoms. The van der Waals surface area contributed by atoms with Crippen LogP contribution in [0.5, 0.6) is 0 Å². The predicted molar refractivity (Wildman–Crippen MR) is 29.8 cm³/mol. The molecule has 0 atom stereocenters. The molecule has 0 saturated heterocycles. The Hall–Kier alpha value is -0.710. The zero-order valence-corrected chi connectivity index (χ0v) is 4.81. The van der Waals surface area contributed by atoms with E-state index in [0.717, 1.165) is 0 Å². The molecule has 0 fully saturated rings. The molecule has 0 radical (unpaired) electrons. The molecule has 4 nitrogen and oxygen atoms in total. The summed E-state index contributed by atoms with van der Waals surface area (Å²) in [7, 11) is 0. The fourth-order valence-electron chi connectivity index (χ4n) is 0.328. The average Bonchev–Trinajstić information content (AvgIpc) is 2.14. The summed E-state index contributed by atoms with van der Waals surface area (Å²) in [5.41, 5.74) is 0. The van der Waals surface area contributed by atoms with E-state index < -0.39 is 5.76 Å². The molecule has 0 unspecified atom stereocenters. The maximum atomic E-state index is 10.1. The van der Waals surface area contributed by atoms with Crippen molar-refractivity contribution in [1.29, 1.82) is 0 Å². The lowest BCUT2D eigenvalue weighted by atomic mass is 10.8. The number of aromatic nitrogens is 2. The standard InChI is InChI=1S/C3H4N2O2S/c6-3-5-4-2(1-8)7-3/h8H,1H2,(H,5,6). The van der Waals surface area contributed by atoms with Crippen LogP contribution in [0.25, 0.3) is 0 Å². The largest absolute Gasteiger partial charge is 0.434 e. The average molecular weight is 132 g/mol. The van der Waals surface area contributed by atoms with Crippen LogP contribution >= 0.6 is 12.6 Å². The first-order chi connectivity index (χ1) is 3.83. The third kappa shape index (κ3) is 0.919. The van der Waals surface area contributed by atoms with Crippen molar-refractivity contribution in [3.63, 3.8) is 0 Å². The van der Waals surface area contributed by atoms with Crippen LogP contribution in [0.15, 0.2) is 9.21 Å². The number of hydrogen-bond acceptors (Lipinski definition) is 4. The second-order valence-corrected chi connectivity index (χ2v) is 1.48. The van der Waals surface area contributed by atoms with Crippen LogP contribution in [0.2, 0.25) is 0 Å². The van der Waals surface area contributed by atoms with Crippen molar-refractivity contribution in [3.05, 3.63) is 16.4 Å². The summed E-state index contributed by atoms with van der Waals surface area (Å²) in [6.45, 7) is 0. The van der Waals surface area contributed by atoms with E-state index in [9.17, 15) is 4.79 Å². The number of H-pyrrole nitrogens is 1. The minimum absolute atomic E-state index is 0.318. The van der Waals surface area contributed by atoms with Gasteiger partial charge in [-0.05, 0) is 0 Å². The van der Waals surface area contributed by atoms with E-state index in [1.165, 1.54) is 0 Å². The summed E-state index contributed by atoms with van der Waals surface area (Å²) in [5, 5.41) is 5.55. The van der Waals surface area contributed by atoms with Gasteiger partial charge in [0, 0.05) is 0 Å². The van der Waals surface area contributed by atoms with Crippen LogP contribution in [0.4, 0.5) is 0 Å². The van der Waals surface area contributed by atoms with Gasteiger partial charge in [-0.25, -0.2) is 9.89 Å². The first-order valence-electron chi connectivity index (χ1n) is 1.98. The smallest absolute Gasteiger partial charge is 0.392 e. The topological polar surface area (TPSA) is 58.9 Å². The van der Waals surface area contributed by atoms with Gasteiger partial charge in [0.05, 0.1) is 5.75 Å². The third-order valence-corrected chi connectivity index (χ3v) is 0.888. The van der Waals surface area contributed by atoms with E-state index in [0.29, 0.717) is 11.6 Å². The molecule has 5 heteroatoms. The molecule has 44 valence electrons. The number of aromatic amines is 1. The lowest BCUT2D eigenvalue weighted by Crippen LogP contribution is -1.93. The van der Waals surface area contributed by atoms with Gasteiger partial charge < -0.3 is 4.42 Å². The molecule has 0 aliphatic heterocycles. The summed E-state index contributed by atoms with van der Waals surface area (Å²) >= 11 is 3.81. The lowest BCUT2D eigenvalue weighted by Gasteiger charge is -1.74. The predicted octanol–water partition coefficient (Wildman–Crippen LogP) is -0.207. The van der Waals surface area contributed by atoms with Gasteiger partial charge in [0.15, 0.2) is 0 Å². The molecule has 1 N–H and O–H groups in total. The van der Waals surface area contributed by atoms with Crippen molar-refractivity contribution in [2.45, 2.75) is 5.75 Å². The molecule has 1 rings (SSSR count). The lowest BCUT2D eigenvalue weighted by molar-refractivity contribution is 0.480. The normalized spacial score (nSPS) is 9.62. The molecule has 1 aromatic rings. The second-order valence-electron chi connectivity index (χ2n) is 1.16. The van der Waals surface area contributed by atoms with Gasteiger partial charge in [-0.15, -0.1) is 5.10 Å². The Morgan fingerprint density at radius 1 is 1.88 bits per heavy atom. The molecule has 0 saturated carbocycles. The number of nitrogens with one attached hydrogen (secondary N) is 1. The zero-order valence-electron chi connectivity index (χ0n) is 3.92. The highest BCUT2D eigenvalue weighted by Crippen LogP contribution is 1.90. The molecule has 8 heavy (non-hydrogen) atoms. The van der Waals surface area contributed by atoms with E-state index in [2.05, 4.69) is 27.2 Å². The monoisotopic (exact) mass is 132 g/mol. The molecule has 0 aromatic carbocycles. The Morgan fingerprint density at radius 2 is 2.62 bits per heavy atom. The zero-order chi connectivity index (χ0) is 5.98. The van der Waals surface area contributed by atoms with E-state index in [4.69, 9.17) is 0 Å². The van der Waals surface area contributed by atoms with Gasteiger partial charge in [-0.1, -0.05) is 0 Å². The van der Waals surface area contributed by atoms with E-state index in [1.54, 1.807) is 0 Å². The van der Waals surface area contributed by atoms with Crippen molar-refractivity contribution < 1.29 is 4.42 Å². The first kappa shape index (κ1) is 5.43. The molecule has 0 aliphatic rings. The number of thiol groups is 1. The van der Waals surface area contributed by atoms with E-state index >= 15 is 0 Å². The van der Waals surface area contributed by atoms with Gasteiger partial charge in [-0.2, -0.15) is 12.6 Å². The van der Waals surface area contributed by atoms with Gasteiger partial charge >= 0.3 is 5.76 Å². The summed E-state index contributed by atoms with van der Waals surface area (Å²) in [5.74, 6) is 0.131. The Balaban J connectivity index is 3.01. The molecule has 0 aliphatic carbocycles. The van der Waals surface area contributed by atoms with E-state index in [-0.39, 0.29) is 0 Å². The van der Waals surface area contributed by atoms with Gasteiger partial charge in [0.1, 0.15) is 0 Å². The maximum absolute atomic E-state index is 10.1. The Morgan fingerprint density at radius 3 is 2.88 bits per heavy atom. The Labute approximate surface area is 50.3 Å². The fourth-order valence-corrected chi connectivity index (χ4v) is 0.464. The van der Waals surface area contributed by atoms with Crippen LogP contribution in [0.3, 0.4) is 0 Å². The highest BCUT2D eigenvalue weighted by Gasteiger charge is 1.93. The Bertz CT molecular complexity index is 215. The SMILES string of the molecule is O=c1[nH]nc(CS)o1. The van der Waals surface area contributed by atoms with Crippen LogP contribution < -0.4 is 5.76 Å². The molecule has 0 bridgehead atoms. The van der Waals surface area contributed by atoms with Crippen molar-refractivity contribution in [2.24, 2.45) is 0 Å². The summed E-state index contributed by atoms with van der Waals surface area (Å²) in [6.07, 6.45) is 0. The van der Waals surface area contributed by atoms with Crippen molar-refractivity contribution in [3.8, 4) is 0 Å². The molecular formula is C3H4N2O2S. The Kier molecular flexibility index (Phi) is 1.38. The van der Waals surface area contributed by atoms with Crippen LogP contribution in [-0.2, 0) is 5.75 Å². The second kappa shape index (κ2) is 2.04. The molecule has 1 heterocycles. The summed E-state index contributed by atoms with van der Waals surface area (Å²) in [4.78, 5) is 10.1. The van der Waals surface area contributed by atoms with Crippen LogP contribution in [-0.4, -0.2) is 10.2 Å². The third-order valence-electron chi connectivity index (χ3n) is 0.618. The number of nitrogens with zero attached hydrogens (tertiary/aromatic N) is 1. The van der Waals surface area contributed by atoms with Gasteiger partial charge in [-0.3, -0.25) is 0 Å². The molecular weight excluding hydrogens is 128 g/mol. The quantitative estimate of drug-likeness (QED) is 0.520. The summed E-state index contributed by atoms with van der Waals surface area (Å²) < 4.78 is 4.43. The minimum atomic E-state index is -0.533.